The highest BCUT2D eigenvalue weighted by Crippen LogP contribution is 2.39. The van der Waals surface area contributed by atoms with Crippen LogP contribution in [0.4, 0.5) is 31.9 Å². The highest BCUT2D eigenvalue weighted by atomic mass is 19.3. The summed E-state index contributed by atoms with van der Waals surface area (Å²) in [6, 6.07) is 4.21. The molecule has 9 nitrogen and oxygen atoms in total. The fraction of sp³-hybridized carbons (Fsp3) is 0.455. The Labute approximate surface area is 189 Å². The van der Waals surface area contributed by atoms with Gasteiger partial charge in [-0.2, -0.15) is 13.8 Å². The number of rotatable bonds is 5. The van der Waals surface area contributed by atoms with Crippen molar-refractivity contribution in [2.24, 2.45) is 0 Å². The lowest BCUT2D eigenvalue weighted by Crippen LogP contribution is -2.47. The first-order chi connectivity index (χ1) is 15.7. The zero-order valence-corrected chi connectivity index (χ0v) is 18.3. The summed E-state index contributed by atoms with van der Waals surface area (Å²) in [5.41, 5.74) is 0.683. The van der Waals surface area contributed by atoms with Crippen LogP contribution in [0, 0.1) is 0 Å². The zero-order chi connectivity index (χ0) is 23.8. The van der Waals surface area contributed by atoms with Crippen molar-refractivity contribution in [2.45, 2.75) is 44.1 Å². The summed E-state index contributed by atoms with van der Waals surface area (Å²) >= 11 is 0. The number of aromatic nitrogens is 2. The van der Waals surface area contributed by atoms with Gasteiger partial charge in [-0.25, -0.2) is 9.78 Å². The number of benzene rings is 1. The molecule has 1 amide bonds. The molecule has 4 rings (SSSR count). The van der Waals surface area contributed by atoms with Crippen molar-refractivity contribution in [3.05, 3.63) is 30.0 Å². The van der Waals surface area contributed by atoms with E-state index in [1.54, 1.807) is 18.0 Å². The van der Waals surface area contributed by atoms with Crippen LogP contribution in [-0.2, 0) is 4.79 Å². The van der Waals surface area contributed by atoms with Gasteiger partial charge < -0.3 is 25.0 Å². The van der Waals surface area contributed by atoms with E-state index < -0.39 is 24.3 Å². The predicted octanol–water partition coefficient (Wildman–Crippen LogP) is 3.68. The maximum absolute atomic E-state index is 14.6. The van der Waals surface area contributed by atoms with E-state index in [0.717, 1.165) is 32.1 Å². The van der Waals surface area contributed by atoms with E-state index in [1.807, 2.05) is 0 Å². The molecule has 0 bridgehead atoms. The average Bonchev–Trinajstić information content (AvgIpc) is 2.91. The van der Waals surface area contributed by atoms with Crippen LogP contribution in [0.3, 0.4) is 0 Å². The summed E-state index contributed by atoms with van der Waals surface area (Å²) in [6.45, 7) is -0.757. The van der Waals surface area contributed by atoms with E-state index in [9.17, 15) is 23.5 Å². The van der Waals surface area contributed by atoms with Crippen LogP contribution in [0.2, 0.25) is 0 Å². The molecule has 2 aromatic rings. The molecule has 1 saturated carbocycles. The van der Waals surface area contributed by atoms with Gasteiger partial charge in [-0.05, 0) is 31.0 Å². The largest absolute Gasteiger partial charge is 0.495 e. The molecule has 0 saturated heterocycles. The van der Waals surface area contributed by atoms with E-state index in [0.29, 0.717) is 11.4 Å². The Morgan fingerprint density at radius 1 is 1.30 bits per heavy atom. The van der Waals surface area contributed by atoms with Crippen molar-refractivity contribution in [1.82, 2.24) is 9.97 Å². The van der Waals surface area contributed by atoms with Gasteiger partial charge in [-0.15, -0.1) is 0 Å². The minimum absolute atomic E-state index is 0.0558. The van der Waals surface area contributed by atoms with Gasteiger partial charge in [-0.1, -0.05) is 19.3 Å². The molecule has 1 aliphatic heterocycles. The first-order valence-electron chi connectivity index (χ1n) is 10.7. The number of aromatic carboxylic acids is 1. The lowest BCUT2D eigenvalue weighted by atomic mass is 9.94. The van der Waals surface area contributed by atoms with Crippen LogP contribution in [0.15, 0.2) is 24.4 Å². The summed E-state index contributed by atoms with van der Waals surface area (Å²) < 4.78 is 34.5. The minimum atomic E-state index is -3.57. The molecule has 0 unspecified atom stereocenters. The van der Waals surface area contributed by atoms with E-state index in [-0.39, 0.29) is 29.1 Å². The molecule has 1 aromatic heterocycles. The molecule has 11 heteroatoms. The number of halogens is 2. The smallest absolute Gasteiger partial charge is 0.341 e. The Morgan fingerprint density at radius 2 is 2.03 bits per heavy atom. The Kier molecular flexibility index (Phi) is 6.05. The number of anilines is 4. The minimum Gasteiger partial charge on any atom is -0.495 e. The van der Waals surface area contributed by atoms with Gasteiger partial charge in [0.15, 0.2) is 5.82 Å². The Hall–Kier alpha value is -3.50. The van der Waals surface area contributed by atoms with Gasteiger partial charge in [0.1, 0.15) is 11.4 Å². The molecule has 2 heterocycles. The van der Waals surface area contributed by atoms with Crippen molar-refractivity contribution >= 4 is 35.0 Å². The van der Waals surface area contributed by atoms with Crippen LogP contribution in [0.25, 0.3) is 0 Å². The Bertz CT molecular complexity index is 1070. The van der Waals surface area contributed by atoms with Crippen LogP contribution >= 0.6 is 0 Å². The number of hydrogen-bond donors (Lipinski definition) is 2. The van der Waals surface area contributed by atoms with E-state index >= 15 is 0 Å². The van der Waals surface area contributed by atoms with Gasteiger partial charge in [-0.3, -0.25) is 4.79 Å². The molecule has 33 heavy (non-hydrogen) atoms. The molecule has 176 valence electrons. The maximum atomic E-state index is 14.6. The van der Waals surface area contributed by atoms with Gasteiger partial charge in [0.05, 0.1) is 31.1 Å². The fourth-order valence-electron chi connectivity index (χ4n) is 4.30. The lowest BCUT2D eigenvalue weighted by molar-refractivity contribution is -0.138. The topological polar surface area (TPSA) is 108 Å². The van der Waals surface area contributed by atoms with E-state index in [2.05, 4.69) is 15.3 Å². The summed E-state index contributed by atoms with van der Waals surface area (Å²) in [4.78, 5) is 35.3. The fourth-order valence-corrected chi connectivity index (χ4v) is 4.30. The number of nitrogens with one attached hydrogen (secondary N) is 1. The molecular formula is C22H25F2N5O4. The number of carboxylic acids is 1. The number of fused-ring (bicyclic) bond motifs is 1. The molecule has 1 fully saturated rings. The average molecular weight is 461 g/mol. The second-order valence-corrected chi connectivity index (χ2v) is 8.24. The lowest BCUT2D eigenvalue weighted by Gasteiger charge is -2.36. The standard InChI is InChI=1S/C22H25F2N5O4/c1-28(16-9-8-13(19(30)31)10-17(16)33-2)21-25-11-15-18(27-21)29(14-6-4-3-5-7-14)12-22(23,24)20(32)26-15/h8-11,14H,3-7,12H2,1-2H3,(H,26,32)(H,30,31). The predicted molar refractivity (Wildman–Crippen MR) is 118 cm³/mol. The number of carbonyl (C=O) groups is 2. The third-order valence-electron chi connectivity index (χ3n) is 6.08. The van der Waals surface area contributed by atoms with Crippen LogP contribution in [-0.4, -0.2) is 59.6 Å². The third-order valence-corrected chi connectivity index (χ3v) is 6.08. The van der Waals surface area contributed by atoms with Crippen molar-refractivity contribution in [2.75, 3.05) is 35.8 Å². The van der Waals surface area contributed by atoms with Crippen molar-refractivity contribution < 1.29 is 28.2 Å². The summed E-state index contributed by atoms with van der Waals surface area (Å²) in [7, 11) is 3.08. The molecule has 2 aliphatic rings. The van der Waals surface area contributed by atoms with Gasteiger partial charge in [0.2, 0.25) is 5.95 Å². The number of carboxylic acid groups (broad SMARTS) is 1. The molecule has 1 aliphatic carbocycles. The number of alkyl halides is 2. The molecule has 0 spiro atoms. The number of methoxy groups -OCH3 is 1. The van der Waals surface area contributed by atoms with Crippen LogP contribution in [0.1, 0.15) is 42.5 Å². The number of nitrogens with zero attached hydrogens (tertiary/aromatic N) is 4. The second kappa shape index (κ2) is 8.80. The van der Waals surface area contributed by atoms with Gasteiger partial charge >= 0.3 is 11.9 Å². The Balaban J connectivity index is 1.75. The molecule has 0 atom stereocenters. The zero-order valence-electron chi connectivity index (χ0n) is 18.3. The number of ether oxygens (including phenoxy) is 1. The third kappa shape index (κ3) is 4.39. The van der Waals surface area contributed by atoms with E-state index in [4.69, 9.17) is 4.74 Å². The normalized spacial score (nSPS) is 18.2. The first-order valence-corrected chi connectivity index (χ1v) is 10.7. The van der Waals surface area contributed by atoms with E-state index in [1.165, 1.54) is 30.3 Å². The number of carbonyl (C=O) groups excluding carboxylic acids is 1. The maximum Gasteiger partial charge on any atom is 0.341 e. The monoisotopic (exact) mass is 461 g/mol. The van der Waals surface area contributed by atoms with Crippen molar-refractivity contribution in [3.8, 4) is 5.75 Å². The van der Waals surface area contributed by atoms with Crippen molar-refractivity contribution in [3.63, 3.8) is 0 Å². The molecule has 1 aromatic carbocycles. The molecule has 2 N–H and O–H groups in total. The Morgan fingerprint density at radius 3 is 2.70 bits per heavy atom. The highest BCUT2D eigenvalue weighted by Gasteiger charge is 2.46. The second-order valence-electron chi connectivity index (χ2n) is 8.24. The quantitative estimate of drug-likeness (QED) is 0.694. The van der Waals surface area contributed by atoms with Crippen molar-refractivity contribution in [1.29, 1.82) is 0 Å². The first kappa shape index (κ1) is 22.7. The SMILES string of the molecule is COc1cc(C(=O)O)ccc1N(C)c1ncc2c(n1)N(C1CCCCC1)CC(F)(F)C(=O)N2. The van der Waals surface area contributed by atoms with Crippen LogP contribution in [0.5, 0.6) is 5.75 Å². The molecule has 0 radical (unpaired) electrons. The number of hydrogen-bond acceptors (Lipinski definition) is 7. The van der Waals surface area contributed by atoms with Gasteiger partial charge in [0.25, 0.3) is 5.91 Å². The molecular weight excluding hydrogens is 436 g/mol. The summed E-state index contributed by atoms with van der Waals surface area (Å²) in [5, 5.41) is 11.5. The summed E-state index contributed by atoms with van der Waals surface area (Å²) in [6.07, 6.45) is 5.70. The highest BCUT2D eigenvalue weighted by molar-refractivity contribution is 6.00. The summed E-state index contributed by atoms with van der Waals surface area (Å²) in [5.74, 6) is -5.32. The van der Waals surface area contributed by atoms with Crippen LogP contribution < -0.4 is 19.9 Å². The number of amides is 1. The van der Waals surface area contributed by atoms with Gasteiger partial charge in [0, 0.05) is 13.1 Å².